The molecule has 1 aliphatic rings. The number of nitrogens with two attached hydrogens (primary N) is 1. The number of hydrogen-bond donors (Lipinski definition) is 5. The minimum absolute atomic E-state index is 0.0485. The van der Waals surface area contributed by atoms with Crippen molar-refractivity contribution in [3.05, 3.63) is 40.3 Å². The summed E-state index contributed by atoms with van der Waals surface area (Å²) in [6.07, 6.45) is -0.226. The second kappa shape index (κ2) is 9.66. The van der Waals surface area contributed by atoms with E-state index in [0.29, 0.717) is 17.7 Å². The third-order valence-corrected chi connectivity index (χ3v) is 4.41. The fourth-order valence-corrected chi connectivity index (χ4v) is 2.84. The highest BCUT2D eigenvalue weighted by molar-refractivity contribution is 7.81. The maximum Gasteiger partial charge on any atom is 0.323 e. The van der Waals surface area contributed by atoms with Crippen LogP contribution in [0.1, 0.15) is 24.0 Å². The molecule has 0 radical (unpaired) electrons. The van der Waals surface area contributed by atoms with Crippen molar-refractivity contribution in [3.63, 3.8) is 0 Å². The molecular weight excluding hydrogens is 392 g/mol. The van der Waals surface area contributed by atoms with Crippen LogP contribution in [0.5, 0.6) is 0 Å². The predicted octanol–water partition coefficient (Wildman–Crippen LogP) is -0.642. The first kappa shape index (κ1) is 21.1. The monoisotopic (exact) mass is 410 g/mol. The van der Waals surface area contributed by atoms with Crippen molar-refractivity contribution in [2.45, 2.75) is 25.0 Å². The largest absolute Gasteiger partial charge is 0.480 e. The number of carboxylic acids is 1. The van der Waals surface area contributed by atoms with Crippen LogP contribution < -0.4 is 15.8 Å². The molecule has 13 heteroatoms. The zero-order chi connectivity index (χ0) is 20.7. The van der Waals surface area contributed by atoms with Crippen molar-refractivity contribution in [1.29, 1.82) is 5.41 Å². The number of nitrogens with zero attached hydrogens (tertiary/aromatic N) is 2. The molecule has 1 aromatic rings. The standard InChI is InChI=1S/C15H18N6O6S/c16-14(17)9-3-1-8(2-4-9)11-5-10(27-19-11)6-13(22)18-7-12(15(23)24)20-28(26)21-25/h1-4,10,12,20H,5-7H2,(H3,16,17)(H,18,22)(H,23,24)/t10-,12+,28?/m1/s1. The third-order valence-electron chi connectivity index (χ3n) is 3.79. The van der Waals surface area contributed by atoms with Crippen molar-refractivity contribution in [2.75, 3.05) is 6.54 Å². The highest BCUT2D eigenvalue weighted by Crippen LogP contribution is 2.19. The number of rotatable bonds is 10. The smallest absolute Gasteiger partial charge is 0.323 e. The lowest BCUT2D eigenvalue weighted by Crippen LogP contribution is -2.46. The Morgan fingerprint density at radius 1 is 1.43 bits per heavy atom. The van der Waals surface area contributed by atoms with Crippen LogP contribution in [0.15, 0.2) is 34.0 Å². The Labute approximate surface area is 161 Å². The number of carbonyl (C=O) groups excluding carboxylic acids is 1. The molecule has 1 unspecified atom stereocenters. The van der Waals surface area contributed by atoms with E-state index in [1.165, 1.54) is 0 Å². The maximum atomic E-state index is 12.0. The number of carbonyl (C=O) groups is 2. The molecule has 28 heavy (non-hydrogen) atoms. The van der Waals surface area contributed by atoms with Gasteiger partial charge in [-0.05, 0) is 5.56 Å². The maximum absolute atomic E-state index is 12.0. The van der Waals surface area contributed by atoms with Gasteiger partial charge < -0.3 is 21.0 Å². The molecule has 1 aromatic carbocycles. The van der Waals surface area contributed by atoms with Crippen LogP contribution in [0.2, 0.25) is 0 Å². The van der Waals surface area contributed by atoms with E-state index >= 15 is 0 Å². The first-order chi connectivity index (χ1) is 13.3. The van der Waals surface area contributed by atoms with Crippen molar-refractivity contribution in [1.82, 2.24) is 10.0 Å². The van der Waals surface area contributed by atoms with Crippen LogP contribution >= 0.6 is 0 Å². The van der Waals surface area contributed by atoms with Gasteiger partial charge in [-0.1, -0.05) is 29.4 Å². The molecule has 0 bridgehead atoms. The summed E-state index contributed by atoms with van der Waals surface area (Å²) in [6.45, 7) is -0.387. The first-order valence-corrected chi connectivity index (χ1v) is 9.09. The Bertz CT molecular complexity index is 827. The van der Waals surface area contributed by atoms with E-state index in [1.54, 1.807) is 24.3 Å². The fraction of sp³-hybridized carbons (Fsp3) is 0.333. The second-order valence-electron chi connectivity index (χ2n) is 5.80. The number of aliphatic carboxylic acids is 1. The number of carboxylic acid groups (broad SMARTS) is 1. The van der Waals surface area contributed by atoms with E-state index in [4.69, 9.17) is 21.1 Å². The predicted molar refractivity (Wildman–Crippen MR) is 99.6 cm³/mol. The second-order valence-corrected chi connectivity index (χ2v) is 6.68. The number of nitroso groups, excluding NO2 is 1. The molecule has 150 valence electrons. The van der Waals surface area contributed by atoms with E-state index < -0.39 is 35.2 Å². The summed E-state index contributed by atoms with van der Waals surface area (Å²) >= 11 is -2.40. The lowest BCUT2D eigenvalue weighted by Gasteiger charge is -2.13. The highest BCUT2D eigenvalue weighted by Gasteiger charge is 2.26. The van der Waals surface area contributed by atoms with Gasteiger partial charge in [-0.25, -0.2) is 4.21 Å². The molecular formula is C15H18N6O6S. The van der Waals surface area contributed by atoms with Gasteiger partial charge in [-0.15, -0.1) is 4.91 Å². The molecule has 3 atom stereocenters. The number of hydrogen-bond acceptors (Lipinski definition) is 7. The number of amidine groups is 1. The molecule has 12 nitrogen and oxygen atoms in total. The summed E-state index contributed by atoms with van der Waals surface area (Å²) in [5.74, 6) is -1.94. The van der Waals surface area contributed by atoms with Gasteiger partial charge >= 0.3 is 5.97 Å². The molecule has 1 heterocycles. The molecule has 6 N–H and O–H groups in total. The van der Waals surface area contributed by atoms with Crippen molar-refractivity contribution < 1.29 is 23.7 Å². The number of amides is 1. The van der Waals surface area contributed by atoms with Crippen LogP contribution in [0.4, 0.5) is 0 Å². The molecule has 0 saturated carbocycles. The molecule has 0 saturated heterocycles. The van der Waals surface area contributed by atoms with E-state index in [9.17, 15) is 18.7 Å². The van der Waals surface area contributed by atoms with Crippen LogP contribution in [-0.4, -0.2) is 51.4 Å². The summed E-state index contributed by atoms with van der Waals surface area (Å²) in [7, 11) is 0. The molecule has 0 fully saturated rings. The van der Waals surface area contributed by atoms with E-state index in [0.717, 1.165) is 5.56 Å². The van der Waals surface area contributed by atoms with Crippen LogP contribution in [0, 0.1) is 10.3 Å². The van der Waals surface area contributed by atoms with Gasteiger partial charge in [0.15, 0.2) is 0 Å². The molecule has 0 aromatic heterocycles. The molecule has 0 aliphatic carbocycles. The average Bonchev–Trinajstić information content (AvgIpc) is 3.13. The Hall–Kier alpha value is -3.19. The van der Waals surface area contributed by atoms with Crippen molar-refractivity contribution in [2.24, 2.45) is 15.5 Å². The lowest BCUT2D eigenvalue weighted by atomic mass is 10.0. The minimum atomic E-state index is -2.40. The Morgan fingerprint density at radius 3 is 2.68 bits per heavy atom. The van der Waals surface area contributed by atoms with Gasteiger partial charge in [0.1, 0.15) is 18.0 Å². The van der Waals surface area contributed by atoms with Crippen LogP contribution in [0.25, 0.3) is 0 Å². The molecule has 1 aliphatic heterocycles. The zero-order valence-corrected chi connectivity index (χ0v) is 15.3. The van der Waals surface area contributed by atoms with Gasteiger partial charge in [-0.2, -0.15) is 4.72 Å². The van der Waals surface area contributed by atoms with E-state index in [-0.39, 0.29) is 18.8 Å². The van der Waals surface area contributed by atoms with Crippen molar-refractivity contribution >= 4 is 34.6 Å². The van der Waals surface area contributed by atoms with Crippen LogP contribution in [-0.2, 0) is 25.6 Å². The molecule has 1 amide bonds. The number of nitrogens with one attached hydrogen (secondary N) is 3. The topological polar surface area (TPSA) is 196 Å². The van der Waals surface area contributed by atoms with Gasteiger partial charge in [0.05, 0.1) is 16.7 Å². The zero-order valence-electron chi connectivity index (χ0n) is 14.5. The van der Waals surface area contributed by atoms with Gasteiger partial charge in [0.2, 0.25) is 5.91 Å². The quantitative estimate of drug-likeness (QED) is 0.192. The summed E-state index contributed by atoms with van der Waals surface area (Å²) in [5, 5.41) is 22.7. The Balaban J connectivity index is 1.82. The van der Waals surface area contributed by atoms with Crippen molar-refractivity contribution in [3.8, 4) is 0 Å². The number of oxime groups is 1. The van der Waals surface area contributed by atoms with E-state index in [1.807, 2.05) is 4.72 Å². The lowest BCUT2D eigenvalue weighted by molar-refractivity contribution is -0.138. The summed E-state index contributed by atoms with van der Waals surface area (Å²) in [6, 6.07) is 5.41. The van der Waals surface area contributed by atoms with Gasteiger partial charge in [-0.3, -0.25) is 15.0 Å². The number of benzene rings is 1. The normalized spacial score (nSPS) is 17.7. The Kier molecular flexibility index (Phi) is 7.28. The Morgan fingerprint density at radius 2 is 2.11 bits per heavy atom. The number of nitrogen functional groups attached to an aromatic ring is 1. The fourth-order valence-electron chi connectivity index (χ4n) is 2.37. The van der Waals surface area contributed by atoms with Gasteiger partial charge in [0, 0.05) is 18.5 Å². The minimum Gasteiger partial charge on any atom is -0.480 e. The summed E-state index contributed by atoms with van der Waals surface area (Å²) < 4.78 is 15.1. The summed E-state index contributed by atoms with van der Waals surface area (Å²) in [4.78, 5) is 38.3. The SMILES string of the molecule is N=C(N)c1ccc(C2=NO[C@@H](CC(=O)NC[C@H](NS(=O)N=O)C(=O)O)C2)cc1. The van der Waals surface area contributed by atoms with E-state index in [2.05, 4.69) is 15.1 Å². The summed E-state index contributed by atoms with van der Waals surface area (Å²) in [5.41, 5.74) is 7.38. The van der Waals surface area contributed by atoms with Gasteiger partial charge in [0.25, 0.3) is 11.2 Å². The highest BCUT2D eigenvalue weighted by atomic mass is 32.2. The molecule has 2 rings (SSSR count). The first-order valence-electron chi connectivity index (χ1n) is 7.98. The molecule has 0 spiro atoms. The third kappa shape index (κ3) is 5.92. The average molecular weight is 410 g/mol. The van der Waals surface area contributed by atoms with Crippen LogP contribution in [0.3, 0.4) is 0 Å².